The van der Waals surface area contributed by atoms with Crippen LogP contribution in [0.2, 0.25) is 0 Å². The van der Waals surface area contributed by atoms with E-state index in [0.29, 0.717) is 17.4 Å². The number of hydrogen-bond acceptors (Lipinski definition) is 3. The van der Waals surface area contributed by atoms with Gasteiger partial charge in [0.25, 0.3) is 0 Å². The minimum absolute atomic E-state index is 0.101. The van der Waals surface area contributed by atoms with Crippen LogP contribution in [0.25, 0.3) is 0 Å². The van der Waals surface area contributed by atoms with Gasteiger partial charge < -0.3 is 15.5 Å². The molecule has 150 valence electrons. The van der Waals surface area contributed by atoms with Crippen molar-refractivity contribution in [2.24, 2.45) is 5.41 Å². The van der Waals surface area contributed by atoms with Gasteiger partial charge in [-0.2, -0.15) is 0 Å². The van der Waals surface area contributed by atoms with Crippen LogP contribution in [0.5, 0.6) is 0 Å². The lowest BCUT2D eigenvalue weighted by Crippen LogP contribution is -2.36. The fraction of sp³-hybridized carbons (Fsp3) is 0.619. The molecule has 5 nitrogen and oxygen atoms in total. The minimum Gasteiger partial charge on any atom is -0.369 e. The summed E-state index contributed by atoms with van der Waals surface area (Å²) in [5.41, 5.74) is 0.512. The first-order chi connectivity index (χ1) is 12.7. The Bertz CT molecular complexity index is 664. The van der Waals surface area contributed by atoms with Crippen LogP contribution in [0.4, 0.5) is 15.8 Å². The maximum atomic E-state index is 14.5. The first kappa shape index (κ1) is 21.2. The Morgan fingerprint density at radius 1 is 1.19 bits per heavy atom. The molecule has 1 saturated carbocycles. The van der Waals surface area contributed by atoms with Crippen molar-refractivity contribution in [2.75, 3.05) is 23.8 Å². The molecule has 0 unspecified atom stereocenters. The highest BCUT2D eigenvalue weighted by atomic mass is 19.1. The molecule has 0 saturated heterocycles. The third-order valence-electron chi connectivity index (χ3n) is 5.05. The Morgan fingerprint density at radius 2 is 1.85 bits per heavy atom. The zero-order valence-electron chi connectivity index (χ0n) is 16.9. The van der Waals surface area contributed by atoms with Gasteiger partial charge in [0.05, 0.1) is 5.69 Å². The van der Waals surface area contributed by atoms with Crippen LogP contribution < -0.4 is 15.5 Å². The summed E-state index contributed by atoms with van der Waals surface area (Å²) in [7, 11) is 1.94. The Morgan fingerprint density at radius 3 is 2.44 bits per heavy atom. The molecule has 0 heterocycles. The van der Waals surface area contributed by atoms with Gasteiger partial charge in [0, 0.05) is 37.2 Å². The minimum atomic E-state index is -0.486. The third kappa shape index (κ3) is 6.22. The molecular formula is C21H32FN3O2. The average Bonchev–Trinajstić information content (AvgIpc) is 2.61. The summed E-state index contributed by atoms with van der Waals surface area (Å²) in [4.78, 5) is 25.8. The van der Waals surface area contributed by atoms with E-state index in [9.17, 15) is 14.0 Å². The molecule has 6 heteroatoms. The van der Waals surface area contributed by atoms with E-state index in [-0.39, 0.29) is 30.6 Å². The molecule has 0 aromatic heterocycles. The summed E-state index contributed by atoms with van der Waals surface area (Å²) in [6.07, 6.45) is 5.97. The van der Waals surface area contributed by atoms with Gasteiger partial charge in [-0.05, 0) is 31.0 Å². The maximum absolute atomic E-state index is 14.5. The molecule has 1 aliphatic rings. The normalized spacial score (nSPS) is 15.3. The number of anilines is 2. The predicted molar refractivity (Wildman–Crippen MR) is 107 cm³/mol. The number of rotatable bonds is 6. The number of hydrogen-bond donors (Lipinski definition) is 2. The molecule has 0 aliphatic heterocycles. The molecule has 0 radical (unpaired) electrons. The first-order valence-electron chi connectivity index (χ1n) is 9.79. The van der Waals surface area contributed by atoms with Gasteiger partial charge in [-0.3, -0.25) is 9.59 Å². The lowest BCUT2D eigenvalue weighted by molar-refractivity contribution is -0.128. The first-order valence-corrected chi connectivity index (χ1v) is 9.79. The summed E-state index contributed by atoms with van der Waals surface area (Å²) < 4.78 is 14.5. The predicted octanol–water partition coefficient (Wildman–Crippen LogP) is 4.09. The Kier molecular flexibility index (Phi) is 7.22. The number of nitrogens with one attached hydrogen (secondary N) is 2. The molecule has 1 aromatic carbocycles. The SMILES string of the molecule is CN(c1ccc(NC(=O)CCNC(=O)C(C)(C)C)cc1F)C1CCCCC1. The van der Waals surface area contributed by atoms with E-state index < -0.39 is 5.41 Å². The lowest BCUT2D eigenvalue weighted by Gasteiger charge is -2.33. The van der Waals surface area contributed by atoms with E-state index in [2.05, 4.69) is 10.6 Å². The van der Waals surface area contributed by atoms with Crippen molar-refractivity contribution in [3.05, 3.63) is 24.0 Å². The summed E-state index contributed by atoms with van der Waals surface area (Å²) in [6.45, 7) is 5.71. The van der Waals surface area contributed by atoms with E-state index in [4.69, 9.17) is 0 Å². The van der Waals surface area contributed by atoms with Crippen LogP contribution >= 0.6 is 0 Å². The van der Waals surface area contributed by atoms with Gasteiger partial charge in [-0.15, -0.1) is 0 Å². The van der Waals surface area contributed by atoms with Gasteiger partial charge in [0.2, 0.25) is 11.8 Å². The van der Waals surface area contributed by atoms with E-state index in [1.54, 1.807) is 12.1 Å². The smallest absolute Gasteiger partial charge is 0.226 e. The topological polar surface area (TPSA) is 61.4 Å². The summed E-state index contributed by atoms with van der Waals surface area (Å²) in [6, 6.07) is 5.19. The number of carbonyl (C=O) groups excluding carboxylic acids is 2. The number of carbonyl (C=O) groups is 2. The second-order valence-corrected chi connectivity index (χ2v) is 8.37. The summed E-state index contributed by atoms with van der Waals surface area (Å²) >= 11 is 0. The van der Waals surface area contributed by atoms with Gasteiger partial charge in [-0.1, -0.05) is 40.0 Å². The molecule has 2 rings (SSSR count). The van der Waals surface area contributed by atoms with Crippen molar-refractivity contribution in [1.82, 2.24) is 5.32 Å². The molecular weight excluding hydrogens is 345 g/mol. The van der Waals surface area contributed by atoms with Crippen LogP contribution in [0.15, 0.2) is 18.2 Å². The number of benzene rings is 1. The van der Waals surface area contributed by atoms with Crippen LogP contribution in [-0.4, -0.2) is 31.4 Å². The van der Waals surface area contributed by atoms with Gasteiger partial charge in [0.1, 0.15) is 5.82 Å². The Balaban J connectivity index is 1.87. The number of nitrogens with zero attached hydrogens (tertiary/aromatic N) is 1. The largest absolute Gasteiger partial charge is 0.369 e. The van der Waals surface area contributed by atoms with Crippen LogP contribution in [0.1, 0.15) is 59.3 Å². The van der Waals surface area contributed by atoms with Crippen LogP contribution in [-0.2, 0) is 9.59 Å². The molecule has 2 N–H and O–H groups in total. The second kappa shape index (κ2) is 9.20. The van der Waals surface area contributed by atoms with Crippen molar-refractivity contribution in [3.8, 4) is 0 Å². The molecule has 1 aromatic rings. The van der Waals surface area contributed by atoms with E-state index in [1.807, 2.05) is 32.7 Å². The lowest BCUT2D eigenvalue weighted by atomic mass is 9.94. The quantitative estimate of drug-likeness (QED) is 0.785. The van der Waals surface area contributed by atoms with Gasteiger partial charge in [-0.25, -0.2) is 4.39 Å². The van der Waals surface area contributed by atoms with Crippen molar-refractivity contribution in [2.45, 2.75) is 65.3 Å². The number of amides is 2. The van der Waals surface area contributed by atoms with Gasteiger partial charge >= 0.3 is 0 Å². The second-order valence-electron chi connectivity index (χ2n) is 8.37. The molecule has 0 atom stereocenters. The molecule has 0 spiro atoms. The average molecular weight is 378 g/mol. The summed E-state index contributed by atoms with van der Waals surface area (Å²) in [5, 5.41) is 5.42. The maximum Gasteiger partial charge on any atom is 0.226 e. The van der Waals surface area contributed by atoms with E-state index >= 15 is 0 Å². The zero-order valence-corrected chi connectivity index (χ0v) is 16.9. The van der Waals surface area contributed by atoms with Crippen LogP contribution in [0.3, 0.4) is 0 Å². The Hall–Kier alpha value is -2.11. The number of halogens is 1. The fourth-order valence-corrected chi connectivity index (χ4v) is 3.31. The zero-order chi connectivity index (χ0) is 20.0. The van der Waals surface area contributed by atoms with Crippen molar-refractivity contribution < 1.29 is 14.0 Å². The molecule has 2 amide bonds. The van der Waals surface area contributed by atoms with Crippen LogP contribution in [0, 0.1) is 11.2 Å². The van der Waals surface area contributed by atoms with Gasteiger partial charge in [0.15, 0.2) is 0 Å². The highest BCUT2D eigenvalue weighted by Crippen LogP contribution is 2.29. The molecule has 0 bridgehead atoms. The monoisotopic (exact) mass is 377 g/mol. The highest BCUT2D eigenvalue weighted by Gasteiger charge is 2.22. The van der Waals surface area contributed by atoms with Crippen molar-refractivity contribution >= 4 is 23.2 Å². The Labute approximate surface area is 161 Å². The standard InChI is InChI=1S/C21H32FN3O2/c1-21(2,3)20(27)23-13-12-19(26)24-15-10-11-18(17(22)14-15)25(4)16-8-6-5-7-9-16/h10-11,14,16H,5-9,12-13H2,1-4H3,(H,23,27)(H,24,26). The van der Waals surface area contributed by atoms with E-state index in [0.717, 1.165) is 12.8 Å². The summed E-state index contributed by atoms with van der Waals surface area (Å²) in [5.74, 6) is -0.685. The molecule has 27 heavy (non-hydrogen) atoms. The van der Waals surface area contributed by atoms with E-state index in [1.165, 1.54) is 25.3 Å². The third-order valence-corrected chi connectivity index (χ3v) is 5.05. The highest BCUT2D eigenvalue weighted by molar-refractivity contribution is 5.91. The van der Waals surface area contributed by atoms with Crippen molar-refractivity contribution in [3.63, 3.8) is 0 Å². The fourth-order valence-electron chi connectivity index (χ4n) is 3.31. The molecule has 1 fully saturated rings. The van der Waals surface area contributed by atoms with Crippen molar-refractivity contribution in [1.29, 1.82) is 0 Å². The molecule has 1 aliphatic carbocycles.